The number of rotatable bonds is 7. The highest BCUT2D eigenvalue weighted by atomic mass is 16.5. The van der Waals surface area contributed by atoms with Crippen molar-refractivity contribution in [3.63, 3.8) is 0 Å². The highest BCUT2D eigenvalue weighted by Crippen LogP contribution is 2.41. The monoisotopic (exact) mass is 514 g/mol. The Hall–Kier alpha value is -2.38. The smallest absolute Gasteiger partial charge is 0.187 e. The van der Waals surface area contributed by atoms with Gasteiger partial charge in [0.25, 0.3) is 0 Å². The first kappa shape index (κ1) is 32.6. The molecule has 0 aromatic rings. The predicted octanol–water partition coefficient (Wildman–Crippen LogP) is 4.97. The molecule has 206 valence electrons. The van der Waals surface area contributed by atoms with E-state index in [9.17, 15) is 24.9 Å². The van der Waals surface area contributed by atoms with Crippen LogP contribution in [-0.2, 0) is 14.3 Å². The Morgan fingerprint density at radius 1 is 0.838 bits per heavy atom. The number of methoxy groups -OCH3 is 1. The van der Waals surface area contributed by atoms with Gasteiger partial charge < -0.3 is 20.1 Å². The molecule has 2 aliphatic rings. The molecule has 6 heteroatoms. The molecule has 0 spiro atoms. The summed E-state index contributed by atoms with van der Waals surface area (Å²) in [6.07, 6.45) is 9.39. The summed E-state index contributed by atoms with van der Waals surface area (Å²) in [7, 11) is 1.62. The minimum absolute atomic E-state index is 0.184. The van der Waals surface area contributed by atoms with Crippen molar-refractivity contribution >= 4 is 11.6 Å². The lowest BCUT2D eigenvalue weighted by Gasteiger charge is -2.35. The number of ketones is 2. The van der Waals surface area contributed by atoms with Crippen LogP contribution < -0.4 is 0 Å². The molecule has 0 radical (unpaired) electrons. The third-order valence-corrected chi connectivity index (χ3v) is 7.44. The van der Waals surface area contributed by atoms with Crippen molar-refractivity contribution in [1.29, 1.82) is 0 Å². The lowest BCUT2D eigenvalue weighted by atomic mass is 9.71. The molecule has 0 aromatic carbocycles. The molecule has 6 nitrogen and oxygen atoms in total. The topological polar surface area (TPSA) is 104 Å². The van der Waals surface area contributed by atoms with E-state index >= 15 is 0 Å². The van der Waals surface area contributed by atoms with E-state index in [1.165, 1.54) is 6.08 Å². The molecule has 0 heterocycles. The van der Waals surface area contributed by atoms with Crippen LogP contribution in [0.5, 0.6) is 0 Å². The first-order valence-corrected chi connectivity index (χ1v) is 12.6. The summed E-state index contributed by atoms with van der Waals surface area (Å²) in [4.78, 5) is 23.7. The van der Waals surface area contributed by atoms with Gasteiger partial charge in [0, 0.05) is 7.11 Å². The van der Waals surface area contributed by atoms with Crippen LogP contribution >= 0.6 is 0 Å². The summed E-state index contributed by atoms with van der Waals surface area (Å²) in [6, 6.07) is 0. The van der Waals surface area contributed by atoms with Crippen LogP contribution in [0.1, 0.15) is 68.2 Å². The Morgan fingerprint density at radius 3 is 1.54 bits per heavy atom. The average Bonchev–Trinajstić information content (AvgIpc) is 2.80. The number of aliphatic hydroxyl groups excluding tert-OH is 2. The third kappa shape index (κ3) is 8.05. The van der Waals surface area contributed by atoms with Gasteiger partial charge in [-0.25, -0.2) is 0 Å². The van der Waals surface area contributed by atoms with Crippen molar-refractivity contribution in [3.05, 3.63) is 71.9 Å². The van der Waals surface area contributed by atoms with E-state index in [1.54, 1.807) is 46.1 Å². The van der Waals surface area contributed by atoms with Gasteiger partial charge in [-0.1, -0.05) is 65.2 Å². The van der Waals surface area contributed by atoms with E-state index in [0.29, 0.717) is 24.0 Å². The second kappa shape index (κ2) is 12.0. The van der Waals surface area contributed by atoms with Crippen molar-refractivity contribution < 1.29 is 29.6 Å². The quantitative estimate of drug-likeness (QED) is 0.415. The summed E-state index contributed by atoms with van der Waals surface area (Å²) in [6.45, 7) is 22.3. The Balaban J connectivity index is 0.000000371. The Morgan fingerprint density at radius 2 is 1.22 bits per heavy atom. The number of hydrogen-bond donors (Lipinski definition) is 3. The number of carbonyl (C=O) groups is 2. The molecule has 2 rings (SSSR count). The van der Waals surface area contributed by atoms with Crippen LogP contribution in [0.3, 0.4) is 0 Å². The van der Waals surface area contributed by atoms with Crippen LogP contribution in [0.2, 0.25) is 0 Å². The number of allylic oxidation sites excluding steroid dienone is 4. The fourth-order valence-corrected chi connectivity index (χ4v) is 4.64. The highest BCUT2D eigenvalue weighted by Gasteiger charge is 2.38. The molecule has 4 unspecified atom stereocenters. The van der Waals surface area contributed by atoms with E-state index in [2.05, 4.69) is 13.2 Å². The molecule has 0 amide bonds. The zero-order valence-corrected chi connectivity index (χ0v) is 24.0. The number of ether oxygens (including phenoxy) is 1. The number of hydrogen-bond acceptors (Lipinski definition) is 6. The van der Waals surface area contributed by atoms with Gasteiger partial charge in [0.1, 0.15) is 17.8 Å². The van der Waals surface area contributed by atoms with Crippen molar-refractivity contribution in [2.45, 2.75) is 91.6 Å². The Kier molecular flexibility index (Phi) is 10.6. The van der Waals surface area contributed by atoms with Gasteiger partial charge in [0.2, 0.25) is 0 Å². The summed E-state index contributed by atoms with van der Waals surface area (Å²) in [5, 5.41) is 29.3. The van der Waals surface area contributed by atoms with Crippen molar-refractivity contribution in [3.8, 4) is 0 Å². The molecular formula is C31H46O6. The molecule has 0 fully saturated rings. The number of carbonyl (C=O) groups excluding carboxylic acids is 2. The molecule has 0 saturated heterocycles. The molecule has 0 bridgehead atoms. The normalized spacial score (nSPS) is 27.0. The van der Waals surface area contributed by atoms with Gasteiger partial charge in [-0.15, -0.1) is 0 Å². The van der Waals surface area contributed by atoms with Gasteiger partial charge in [0.15, 0.2) is 11.6 Å². The molecule has 0 saturated carbocycles. The van der Waals surface area contributed by atoms with Gasteiger partial charge in [0.05, 0.1) is 5.60 Å². The lowest BCUT2D eigenvalue weighted by Crippen LogP contribution is -2.36. The molecule has 0 aliphatic heterocycles. The van der Waals surface area contributed by atoms with Crippen molar-refractivity contribution in [1.82, 2.24) is 0 Å². The maximum absolute atomic E-state index is 11.9. The molecule has 0 aromatic heterocycles. The fraction of sp³-hybridized carbons (Fsp3) is 0.548. The number of aliphatic hydroxyl groups is 3. The third-order valence-electron chi connectivity index (χ3n) is 7.44. The molecule has 4 atom stereocenters. The maximum Gasteiger partial charge on any atom is 0.187 e. The van der Waals surface area contributed by atoms with E-state index in [4.69, 9.17) is 4.74 Å². The predicted molar refractivity (Wildman–Crippen MR) is 149 cm³/mol. The average molecular weight is 515 g/mol. The van der Waals surface area contributed by atoms with E-state index in [-0.39, 0.29) is 22.4 Å². The first-order chi connectivity index (χ1) is 16.8. The van der Waals surface area contributed by atoms with Crippen molar-refractivity contribution in [2.24, 2.45) is 10.8 Å². The van der Waals surface area contributed by atoms with Crippen LogP contribution in [0.15, 0.2) is 71.9 Å². The van der Waals surface area contributed by atoms with Crippen LogP contribution in [0.4, 0.5) is 0 Å². The zero-order chi connectivity index (χ0) is 29.0. The standard InChI is InChI=1S/C16H24O3.C15H22O3/c1-7-16(5,19-6)9-8-12-11(2)14(18)13(17)10-15(12,3)4;1-6-15(5,18)8-7-11-10(2)13(17)12(16)9-14(11,3)4/h7-9,13,17H,1,10H2,2-6H3;6-8,12,16,18H,1,9H2,2-5H3/b9-8+;8-7+. The maximum atomic E-state index is 11.9. The minimum atomic E-state index is -1.09. The summed E-state index contributed by atoms with van der Waals surface area (Å²) >= 11 is 0. The van der Waals surface area contributed by atoms with Gasteiger partial charge >= 0.3 is 0 Å². The SMILES string of the molecule is C=CC(C)(/C=C/C1=C(C)C(=O)C(O)CC1(C)C)OC.C=CC(C)(O)/C=C/C1=C(C)C(=O)C(O)CC1(C)C. The highest BCUT2D eigenvalue weighted by molar-refractivity contribution is 6.01. The second-order valence-electron chi connectivity index (χ2n) is 11.7. The molecule has 2 aliphatic carbocycles. The summed E-state index contributed by atoms with van der Waals surface area (Å²) < 4.78 is 5.37. The van der Waals surface area contributed by atoms with E-state index in [0.717, 1.165) is 11.1 Å². The van der Waals surface area contributed by atoms with Crippen LogP contribution in [0.25, 0.3) is 0 Å². The molecule has 37 heavy (non-hydrogen) atoms. The van der Waals surface area contributed by atoms with Crippen molar-refractivity contribution in [2.75, 3.05) is 7.11 Å². The van der Waals surface area contributed by atoms with Crippen LogP contribution in [-0.4, -0.2) is 57.4 Å². The molecular weight excluding hydrogens is 468 g/mol. The van der Waals surface area contributed by atoms with Crippen LogP contribution in [0, 0.1) is 10.8 Å². The Labute approximate surface area is 222 Å². The van der Waals surface area contributed by atoms with Gasteiger partial charge in [-0.2, -0.15) is 0 Å². The zero-order valence-electron chi connectivity index (χ0n) is 24.0. The first-order valence-electron chi connectivity index (χ1n) is 12.6. The van der Waals surface area contributed by atoms with E-state index < -0.39 is 23.4 Å². The minimum Gasteiger partial charge on any atom is -0.385 e. The Bertz CT molecular complexity index is 1030. The molecule has 3 N–H and O–H groups in total. The largest absolute Gasteiger partial charge is 0.385 e. The summed E-state index contributed by atoms with van der Waals surface area (Å²) in [5.74, 6) is -0.413. The summed E-state index contributed by atoms with van der Waals surface area (Å²) in [5.41, 5.74) is 0.838. The van der Waals surface area contributed by atoms with Gasteiger partial charge in [-0.3, -0.25) is 9.59 Å². The second-order valence-corrected chi connectivity index (χ2v) is 11.7. The lowest BCUT2D eigenvalue weighted by molar-refractivity contribution is -0.126. The fourth-order valence-electron chi connectivity index (χ4n) is 4.64. The van der Waals surface area contributed by atoms with Gasteiger partial charge in [-0.05, 0) is 85.8 Å². The number of Topliss-reactive ketones (excluding diaryl/α,β-unsaturated/α-hetero) is 2. The van der Waals surface area contributed by atoms with E-state index in [1.807, 2.05) is 46.8 Å².